The van der Waals surface area contributed by atoms with Crippen molar-refractivity contribution in [3.05, 3.63) is 48.2 Å². The Morgan fingerprint density at radius 3 is 2.85 bits per heavy atom. The van der Waals surface area contributed by atoms with E-state index in [2.05, 4.69) is 15.6 Å². The van der Waals surface area contributed by atoms with Crippen molar-refractivity contribution in [2.75, 3.05) is 5.32 Å². The van der Waals surface area contributed by atoms with Crippen LogP contribution in [-0.2, 0) is 6.54 Å². The van der Waals surface area contributed by atoms with Crippen molar-refractivity contribution in [1.29, 1.82) is 0 Å². The van der Waals surface area contributed by atoms with Gasteiger partial charge in [-0.1, -0.05) is 6.92 Å². The molecule has 2 N–H and O–H groups in total. The highest BCUT2D eigenvalue weighted by Gasteiger charge is 2.09. The summed E-state index contributed by atoms with van der Waals surface area (Å²) < 4.78 is 5.23. The summed E-state index contributed by atoms with van der Waals surface area (Å²) in [6, 6.07) is 7.44. The first-order chi connectivity index (χ1) is 9.69. The van der Waals surface area contributed by atoms with Gasteiger partial charge in [-0.15, -0.1) is 0 Å². The number of anilines is 1. The zero-order valence-electron chi connectivity index (χ0n) is 11.7. The topological polar surface area (TPSA) is 67.2 Å². The molecular weight excluding hydrogens is 254 g/mol. The highest BCUT2D eigenvalue weighted by Crippen LogP contribution is 2.09. The third kappa shape index (κ3) is 3.85. The smallest absolute Gasteiger partial charge is 0.270 e. The van der Waals surface area contributed by atoms with Crippen LogP contribution >= 0.6 is 0 Å². The zero-order valence-corrected chi connectivity index (χ0v) is 11.7. The van der Waals surface area contributed by atoms with Crippen LogP contribution in [0.15, 0.2) is 41.1 Å². The molecule has 1 unspecified atom stereocenters. The second-order valence-corrected chi connectivity index (χ2v) is 4.65. The molecule has 0 aliphatic heterocycles. The van der Waals surface area contributed by atoms with E-state index in [0.29, 0.717) is 12.2 Å². The van der Waals surface area contributed by atoms with Crippen molar-refractivity contribution in [3.8, 4) is 0 Å². The van der Waals surface area contributed by atoms with Gasteiger partial charge in [0.2, 0.25) is 0 Å². The minimum atomic E-state index is -0.142. The first-order valence-electron chi connectivity index (χ1n) is 6.72. The summed E-state index contributed by atoms with van der Waals surface area (Å²) in [4.78, 5) is 16.0. The lowest BCUT2D eigenvalue weighted by Gasteiger charge is -2.11. The van der Waals surface area contributed by atoms with Crippen LogP contribution in [-0.4, -0.2) is 16.9 Å². The minimum Gasteiger partial charge on any atom is -0.467 e. The Labute approximate surface area is 118 Å². The summed E-state index contributed by atoms with van der Waals surface area (Å²) in [7, 11) is 0. The van der Waals surface area contributed by atoms with Gasteiger partial charge in [-0.3, -0.25) is 4.79 Å². The normalized spacial score (nSPS) is 11.9. The van der Waals surface area contributed by atoms with Crippen LogP contribution in [0.2, 0.25) is 0 Å². The maximum absolute atomic E-state index is 11.9. The summed E-state index contributed by atoms with van der Waals surface area (Å²) >= 11 is 0. The molecule has 0 bridgehead atoms. The van der Waals surface area contributed by atoms with Gasteiger partial charge >= 0.3 is 0 Å². The highest BCUT2D eigenvalue weighted by atomic mass is 16.3. The predicted octanol–water partition coefficient (Wildman–Crippen LogP) is 2.82. The van der Waals surface area contributed by atoms with Crippen LogP contribution in [0.5, 0.6) is 0 Å². The van der Waals surface area contributed by atoms with Crippen LogP contribution in [0.25, 0.3) is 0 Å². The first-order valence-corrected chi connectivity index (χ1v) is 6.72. The van der Waals surface area contributed by atoms with Crippen LogP contribution in [0, 0.1) is 0 Å². The van der Waals surface area contributed by atoms with E-state index in [9.17, 15) is 4.79 Å². The maximum Gasteiger partial charge on any atom is 0.270 e. The van der Waals surface area contributed by atoms with Crippen molar-refractivity contribution in [2.45, 2.75) is 32.9 Å². The molecule has 2 aromatic heterocycles. The van der Waals surface area contributed by atoms with Gasteiger partial charge in [0.15, 0.2) is 0 Å². The van der Waals surface area contributed by atoms with Crippen molar-refractivity contribution in [1.82, 2.24) is 10.3 Å². The fraction of sp³-hybridized carbons (Fsp3) is 0.333. The number of hydrogen-bond donors (Lipinski definition) is 2. The van der Waals surface area contributed by atoms with E-state index in [0.717, 1.165) is 17.9 Å². The molecule has 0 fully saturated rings. The molecule has 20 heavy (non-hydrogen) atoms. The molecule has 0 saturated carbocycles. The van der Waals surface area contributed by atoms with E-state index in [1.165, 1.54) is 0 Å². The Bertz CT molecular complexity index is 535. The van der Waals surface area contributed by atoms with Crippen molar-refractivity contribution < 1.29 is 9.21 Å². The van der Waals surface area contributed by atoms with Gasteiger partial charge in [-0.2, -0.15) is 0 Å². The number of carbonyl (C=O) groups is 1. The summed E-state index contributed by atoms with van der Waals surface area (Å²) in [5.41, 5.74) is 1.27. The lowest BCUT2D eigenvalue weighted by Crippen LogP contribution is -2.32. The summed E-state index contributed by atoms with van der Waals surface area (Å²) in [5, 5.41) is 6.06. The molecule has 2 aromatic rings. The van der Waals surface area contributed by atoms with E-state index in [4.69, 9.17) is 4.42 Å². The molecule has 2 rings (SSSR count). The molecule has 1 atom stereocenters. The van der Waals surface area contributed by atoms with Crippen LogP contribution < -0.4 is 10.6 Å². The average molecular weight is 273 g/mol. The number of furan rings is 1. The molecule has 1 amide bonds. The lowest BCUT2D eigenvalue weighted by atomic mass is 10.2. The van der Waals surface area contributed by atoms with Gasteiger partial charge in [0.25, 0.3) is 5.91 Å². The first kappa shape index (κ1) is 14.1. The number of pyridine rings is 1. The van der Waals surface area contributed by atoms with E-state index < -0.39 is 0 Å². The Balaban J connectivity index is 1.90. The Morgan fingerprint density at radius 2 is 2.25 bits per heavy atom. The molecule has 5 heteroatoms. The van der Waals surface area contributed by atoms with E-state index >= 15 is 0 Å². The molecular formula is C15H19N3O2. The van der Waals surface area contributed by atoms with Crippen LogP contribution in [0.3, 0.4) is 0 Å². The number of rotatable bonds is 6. The van der Waals surface area contributed by atoms with Gasteiger partial charge < -0.3 is 15.1 Å². The second kappa shape index (κ2) is 6.75. The van der Waals surface area contributed by atoms with Gasteiger partial charge in [0.05, 0.1) is 24.7 Å². The number of amides is 1. The number of aromatic nitrogens is 1. The SMILES string of the molecule is CCC(C)NC(=O)c1ccc(NCc2ccco2)cn1. The Hall–Kier alpha value is -2.30. The monoisotopic (exact) mass is 273 g/mol. The van der Waals surface area contributed by atoms with Gasteiger partial charge in [0, 0.05) is 6.04 Å². The maximum atomic E-state index is 11.9. The molecule has 0 saturated heterocycles. The number of nitrogens with zero attached hydrogens (tertiary/aromatic N) is 1. The van der Waals surface area contributed by atoms with Gasteiger partial charge in [-0.25, -0.2) is 4.98 Å². The van der Waals surface area contributed by atoms with Gasteiger partial charge in [0.1, 0.15) is 11.5 Å². The zero-order chi connectivity index (χ0) is 14.4. The van der Waals surface area contributed by atoms with Crippen molar-refractivity contribution in [2.24, 2.45) is 0 Å². The summed E-state index contributed by atoms with van der Waals surface area (Å²) in [5.74, 6) is 0.709. The molecule has 0 radical (unpaired) electrons. The largest absolute Gasteiger partial charge is 0.467 e. The molecule has 5 nitrogen and oxygen atoms in total. The standard InChI is InChI=1S/C15H19N3O2/c1-3-11(2)18-15(19)14-7-6-12(9-17-14)16-10-13-5-4-8-20-13/h4-9,11,16H,3,10H2,1-2H3,(H,18,19). The Kier molecular flexibility index (Phi) is 4.76. The van der Waals surface area contributed by atoms with E-state index in [1.807, 2.05) is 32.0 Å². The van der Waals surface area contributed by atoms with Crippen LogP contribution in [0.1, 0.15) is 36.5 Å². The van der Waals surface area contributed by atoms with E-state index in [1.54, 1.807) is 18.5 Å². The minimum absolute atomic E-state index is 0.142. The van der Waals surface area contributed by atoms with Crippen LogP contribution in [0.4, 0.5) is 5.69 Å². The second-order valence-electron chi connectivity index (χ2n) is 4.65. The highest BCUT2D eigenvalue weighted by molar-refractivity contribution is 5.92. The molecule has 0 spiro atoms. The molecule has 0 aliphatic rings. The molecule has 0 aliphatic carbocycles. The van der Waals surface area contributed by atoms with Gasteiger partial charge in [-0.05, 0) is 37.6 Å². The predicted molar refractivity (Wildman–Crippen MR) is 77.5 cm³/mol. The average Bonchev–Trinajstić information content (AvgIpc) is 2.98. The Morgan fingerprint density at radius 1 is 1.40 bits per heavy atom. The van der Waals surface area contributed by atoms with Crippen molar-refractivity contribution >= 4 is 11.6 Å². The fourth-order valence-corrected chi connectivity index (χ4v) is 1.63. The molecule has 2 heterocycles. The number of hydrogen-bond acceptors (Lipinski definition) is 4. The number of carbonyl (C=O) groups excluding carboxylic acids is 1. The molecule has 0 aromatic carbocycles. The van der Waals surface area contributed by atoms with Crippen molar-refractivity contribution in [3.63, 3.8) is 0 Å². The summed E-state index contributed by atoms with van der Waals surface area (Å²) in [6.45, 7) is 4.59. The van der Waals surface area contributed by atoms with E-state index in [-0.39, 0.29) is 11.9 Å². The fourth-order valence-electron chi connectivity index (χ4n) is 1.63. The summed E-state index contributed by atoms with van der Waals surface area (Å²) in [6.07, 6.45) is 4.18. The third-order valence-electron chi connectivity index (χ3n) is 3.03. The molecule has 106 valence electrons. The lowest BCUT2D eigenvalue weighted by molar-refractivity contribution is 0.0934. The number of nitrogens with one attached hydrogen (secondary N) is 2. The third-order valence-corrected chi connectivity index (χ3v) is 3.03. The quantitative estimate of drug-likeness (QED) is 0.849.